The summed E-state index contributed by atoms with van der Waals surface area (Å²) in [5.74, 6) is 0.784. The number of aryl methyl sites for hydroxylation is 1. The van der Waals surface area contributed by atoms with E-state index in [1.165, 1.54) is 0 Å². The van der Waals surface area contributed by atoms with Gasteiger partial charge < -0.3 is 10.0 Å². The van der Waals surface area contributed by atoms with Crippen molar-refractivity contribution in [2.45, 2.75) is 19.8 Å². The maximum Gasteiger partial charge on any atom is 0.335 e. The molecule has 0 saturated carbocycles. The van der Waals surface area contributed by atoms with Gasteiger partial charge in [0, 0.05) is 23.2 Å². The third-order valence-electron chi connectivity index (χ3n) is 4.64. The Bertz CT molecular complexity index is 997. The van der Waals surface area contributed by atoms with Crippen LogP contribution >= 0.6 is 11.6 Å². The van der Waals surface area contributed by atoms with E-state index in [1.54, 1.807) is 12.1 Å². The van der Waals surface area contributed by atoms with E-state index in [1.807, 2.05) is 41.8 Å². The molecule has 0 amide bonds. The van der Waals surface area contributed by atoms with Gasteiger partial charge in [-0.05, 0) is 49.4 Å². The molecule has 1 aliphatic heterocycles. The van der Waals surface area contributed by atoms with Gasteiger partial charge in [-0.25, -0.2) is 4.79 Å². The quantitative estimate of drug-likeness (QED) is 0.734. The van der Waals surface area contributed by atoms with Gasteiger partial charge in [-0.1, -0.05) is 18.5 Å². The summed E-state index contributed by atoms with van der Waals surface area (Å²) in [6.07, 6.45) is 0. The Morgan fingerprint density at radius 1 is 1.15 bits per heavy atom. The van der Waals surface area contributed by atoms with Crippen molar-refractivity contribution in [1.82, 2.24) is 14.8 Å². The van der Waals surface area contributed by atoms with Crippen LogP contribution in [0.5, 0.6) is 0 Å². The van der Waals surface area contributed by atoms with E-state index < -0.39 is 5.97 Å². The third-order valence-corrected chi connectivity index (χ3v) is 4.89. The number of aromatic carboxylic acids is 1. The number of hydrogen-bond acceptors (Lipinski definition) is 4. The normalized spacial score (nSPS) is 16.0. The monoisotopic (exact) mass is 368 g/mol. The van der Waals surface area contributed by atoms with E-state index >= 15 is 0 Å². The Hall–Kier alpha value is -2.86. The van der Waals surface area contributed by atoms with Crippen LogP contribution in [-0.4, -0.2) is 32.4 Å². The average molecular weight is 369 g/mol. The molecule has 0 spiro atoms. The smallest absolute Gasteiger partial charge is 0.335 e. The molecule has 0 saturated heterocycles. The first-order valence-corrected chi connectivity index (χ1v) is 8.66. The van der Waals surface area contributed by atoms with E-state index in [9.17, 15) is 9.90 Å². The van der Waals surface area contributed by atoms with Crippen molar-refractivity contribution in [1.29, 1.82) is 0 Å². The number of halogens is 1. The summed E-state index contributed by atoms with van der Waals surface area (Å²) in [5, 5.41) is 18.7. The lowest BCUT2D eigenvalue weighted by Gasteiger charge is -2.26. The number of rotatable bonds is 2. The largest absolute Gasteiger partial charge is 0.478 e. The van der Waals surface area contributed by atoms with Crippen LogP contribution in [0.3, 0.4) is 0 Å². The van der Waals surface area contributed by atoms with Crippen molar-refractivity contribution in [3.05, 3.63) is 64.7 Å². The van der Waals surface area contributed by atoms with Crippen LogP contribution < -0.4 is 4.90 Å². The zero-order chi connectivity index (χ0) is 18.4. The summed E-state index contributed by atoms with van der Waals surface area (Å²) in [6, 6.07) is 12.7. The number of carbonyl (C=O) groups is 1. The molecule has 0 aliphatic carbocycles. The van der Waals surface area contributed by atoms with Gasteiger partial charge >= 0.3 is 5.97 Å². The van der Waals surface area contributed by atoms with E-state index in [4.69, 9.17) is 11.6 Å². The standard InChI is InChI=1S/C19H17ClN4O2/c1-11-10-23(15-6-4-14(20)5-7-15)17-9-13(19(25)26)3-8-16(17)24-12(2)21-22-18(11)24/h3-9,11H,10H2,1-2H3,(H,25,26). The lowest BCUT2D eigenvalue weighted by atomic mass is 10.1. The maximum absolute atomic E-state index is 11.5. The van der Waals surface area contributed by atoms with Crippen molar-refractivity contribution in [3.63, 3.8) is 0 Å². The van der Waals surface area contributed by atoms with Crippen molar-refractivity contribution in [3.8, 4) is 5.69 Å². The highest BCUT2D eigenvalue weighted by atomic mass is 35.5. The number of anilines is 2. The molecular formula is C19H17ClN4O2. The molecule has 1 atom stereocenters. The van der Waals surface area contributed by atoms with Crippen LogP contribution in [0.2, 0.25) is 5.02 Å². The summed E-state index contributed by atoms with van der Waals surface area (Å²) >= 11 is 6.04. The fourth-order valence-corrected chi connectivity index (χ4v) is 3.50. The Kier molecular flexibility index (Phi) is 3.92. The topological polar surface area (TPSA) is 71.2 Å². The minimum atomic E-state index is -0.957. The molecule has 6 nitrogen and oxygen atoms in total. The molecule has 26 heavy (non-hydrogen) atoms. The fourth-order valence-electron chi connectivity index (χ4n) is 3.38. The predicted molar refractivity (Wildman–Crippen MR) is 99.9 cm³/mol. The molecule has 4 rings (SSSR count). The van der Waals surface area contributed by atoms with Crippen molar-refractivity contribution in [2.24, 2.45) is 0 Å². The molecule has 2 heterocycles. The summed E-state index contributed by atoms with van der Waals surface area (Å²) in [4.78, 5) is 13.6. The first-order chi connectivity index (χ1) is 12.5. The first-order valence-electron chi connectivity index (χ1n) is 8.28. The second-order valence-corrected chi connectivity index (χ2v) is 6.87. The zero-order valence-electron chi connectivity index (χ0n) is 14.3. The van der Waals surface area contributed by atoms with Crippen LogP contribution in [0.1, 0.15) is 34.8 Å². The maximum atomic E-state index is 11.5. The number of nitrogens with zero attached hydrogens (tertiary/aromatic N) is 4. The summed E-state index contributed by atoms with van der Waals surface area (Å²) in [6.45, 7) is 4.64. The number of carboxylic acids is 1. The van der Waals surface area contributed by atoms with Gasteiger partial charge in [0.25, 0.3) is 0 Å². The molecule has 0 fully saturated rings. The van der Waals surface area contributed by atoms with Gasteiger partial charge in [0.2, 0.25) is 0 Å². The average Bonchev–Trinajstić information content (AvgIpc) is 2.95. The van der Waals surface area contributed by atoms with E-state index in [0.717, 1.165) is 28.7 Å². The van der Waals surface area contributed by atoms with Gasteiger partial charge in [-0.3, -0.25) is 4.57 Å². The van der Waals surface area contributed by atoms with Gasteiger partial charge in [0.15, 0.2) is 0 Å². The molecule has 7 heteroatoms. The molecule has 3 aromatic rings. The van der Waals surface area contributed by atoms with Crippen LogP contribution in [0.4, 0.5) is 11.4 Å². The number of fused-ring (bicyclic) bond motifs is 3. The van der Waals surface area contributed by atoms with Gasteiger partial charge in [-0.15, -0.1) is 10.2 Å². The van der Waals surface area contributed by atoms with Crippen LogP contribution in [0, 0.1) is 6.92 Å². The number of aromatic nitrogens is 3. The predicted octanol–water partition coefficient (Wildman–Crippen LogP) is 4.18. The second kappa shape index (κ2) is 6.14. The molecule has 132 valence electrons. The Balaban J connectivity index is 1.98. The number of carboxylic acid groups (broad SMARTS) is 1. The lowest BCUT2D eigenvalue weighted by Crippen LogP contribution is -2.22. The molecule has 2 aromatic carbocycles. The van der Waals surface area contributed by atoms with Crippen LogP contribution in [0.15, 0.2) is 42.5 Å². The molecule has 1 aromatic heterocycles. The Labute approximate surface area is 155 Å². The molecule has 0 bridgehead atoms. The van der Waals surface area contributed by atoms with Crippen molar-refractivity contribution >= 4 is 28.9 Å². The SMILES string of the molecule is Cc1nnc2n1-c1ccc(C(=O)O)cc1N(c1ccc(Cl)cc1)CC2C. The van der Waals surface area contributed by atoms with E-state index in [2.05, 4.69) is 22.0 Å². The summed E-state index contributed by atoms with van der Waals surface area (Å²) < 4.78 is 2.00. The Morgan fingerprint density at radius 3 is 2.58 bits per heavy atom. The zero-order valence-corrected chi connectivity index (χ0v) is 15.1. The van der Waals surface area contributed by atoms with Crippen LogP contribution in [-0.2, 0) is 0 Å². The lowest BCUT2D eigenvalue weighted by molar-refractivity contribution is 0.0697. The number of hydrogen-bond donors (Lipinski definition) is 1. The highest BCUT2D eigenvalue weighted by Crippen LogP contribution is 2.38. The summed E-state index contributed by atoms with van der Waals surface area (Å²) in [7, 11) is 0. The Morgan fingerprint density at radius 2 is 1.88 bits per heavy atom. The minimum Gasteiger partial charge on any atom is -0.478 e. The third kappa shape index (κ3) is 2.63. The highest BCUT2D eigenvalue weighted by Gasteiger charge is 2.28. The van der Waals surface area contributed by atoms with Crippen LogP contribution in [0.25, 0.3) is 5.69 Å². The minimum absolute atomic E-state index is 0.104. The molecule has 1 aliphatic rings. The van der Waals surface area contributed by atoms with Gasteiger partial charge in [0.05, 0.1) is 16.9 Å². The van der Waals surface area contributed by atoms with Crippen molar-refractivity contribution in [2.75, 3.05) is 11.4 Å². The van der Waals surface area contributed by atoms with Gasteiger partial charge in [-0.2, -0.15) is 0 Å². The first kappa shape index (κ1) is 16.6. The van der Waals surface area contributed by atoms with Crippen molar-refractivity contribution < 1.29 is 9.90 Å². The summed E-state index contributed by atoms with van der Waals surface area (Å²) in [5.41, 5.74) is 2.86. The number of benzene rings is 2. The molecule has 0 radical (unpaired) electrons. The molecular weight excluding hydrogens is 352 g/mol. The van der Waals surface area contributed by atoms with E-state index in [0.29, 0.717) is 11.6 Å². The van der Waals surface area contributed by atoms with E-state index in [-0.39, 0.29) is 11.5 Å². The fraction of sp³-hybridized carbons (Fsp3) is 0.211. The molecule has 1 N–H and O–H groups in total. The molecule has 1 unspecified atom stereocenters. The highest BCUT2D eigenvalue weighted by molar-refractivity contribution is 6.30. The van der Waals surface area contributed by atoms with Gasteiger partial charge in [0.1, 0.15) is 11.6 Å². The second-order valence-electron chi connectivity index (χ2n) is 6.44.